The van der Waals surface area contributed by atoms with Gasteiger partial charge in [0.25, 0.3) is 5.91 Å². The first-order valence-corrected chi connectivity index (χ1v) is 12.5. The van der Waals surface area contributed by atoms with Gasteiger partial charge in [-0.05, 0) is 47.9 Å². The molecule has 16 heteroatoms. The number of aromatic nitrogens is 2. The quantitative estimate of drug-likeness (QED) is 0.169. The molecule has 2 amide bonds. The Bertz CT molecular complexity index is 1460. The minimum Gasteiger partial charge on any atom is -0.534 e. The number of amides is 2. The van der Waals surface area contributed by atoms with Gasteiger partial charge in [0, 0.05) is 6.20 Å². The summed E-state index contributed by atoms with van der Waals surface area (Å²) in [5, 5.41) is 31.0. The minimum absolute atomic E-state index is 0.0420. The van der Waals surface area contributed by atoms with E-state index in [4.69, 9.17) is 4.65 Å². The Hall–Kier alpha value is -4.17. The van der Waals surface area contributed by atoms with E-state index in [2.05, 4.69) is 20.8 Å². The van der Waals surface area contributed by atoms with Crippen LogP contribution in [0.3, 0.4) is 0 Å². The van der Waals surface area contributed by atoms with Gasteiger partial charge in [0.05, 0.1) is 16.8 Å². The van der Waals surface area contributed by atoms with E-state index in [-0.39, 0.29) is 29.0 Å². The molecule has 2 aromatic carbocycles. The predicted molar refractivity (Wildman–Crippen MR) is 128 cm³/mol. The first kappa shape index (κ1) is 26.9. The van der Waals surface area contributed by atoms with Crippen molar-refractivity contribution in [3.63, 3.8) is 0 Å². The third-order valence-electron chi connectivity index (χ3n) is 5.64. The lowest BCUT2D eigenvalue weighted by atomic mass is 9.72. The number of para-hydroxylation sites is 1. The van der Waals surface area contributed by atoms with Crippen molar-refractivity contribution in [1.29, 1.82) is 0 Å². The van der Waals surface area contributed by atoms with Crippen molar-refractivity contribution >= 4 is 37.8 Å². The molecule has 13 nitrogen and oxygen atoms in total. The summed E-state index contributed by atoms with van der Waals surface area (Å²) >= 11 is 0. The number of aromatic carboxylic acids is 1. The van der Waals surface area contributed by atoms with Gasteiger partial charge in [0.15, 0.2) is 5.69 Å². The van der Waals surface area contributed by atoms with Crippen LogP contribution in [0.15, 0.2) is 54.7 Å². The van der Waals surface area contributed by atoms with Crippen molar-refractivity contribution in [2.24, 2.45) is 0 Å². The number of fused-ring (bicyclic) bond motifs is 1. The van der Waals surface area contributed by atoms with E-state index in [0.717, 1.165) is 12.1 Å². The average molecular weight is 544 g/mol. The number of carboxylic acids is 1. The largest absolute Gasteiger partial charge is 0.547 e. The topological polar surface area (TPSA) is 208 Å². The van der Waals surface area contributed by atoms with Gasteiger partial charge < -0.3 is 35.2 Å². The molecule has 196 valence electrons. The molecule has 0 spiro atoms. The highest BCUT2D eigenvalue weighted by Crippen LogP contribution is 2.35. The molecule has 1 aliphatic heterocycles. The SMILES string of the molecule is O=C(N[C@@H](C(=O)N[C@H]1Cc2cccc(C(=O)O)c2OB1O)c1ccc(P(=O)(O)O)c(F)c1)c1cccnn1. The fourth-order valence-corrected chi connectivity index (χ4v) is 4.46. The number of nitrogens with zero attached hydrogens (tertiary/aromatic N) is 2. The standard InChI is InChI=1S/C22H19BFN4O9P/c24-14-9-11(6-7-16(14)38(34,35)36)18(27-20(29)15-5-2-8-25-28-15)21(30)26-17-10-12-3-1-4-13(22(31)32)19(12)37-23(17)33/h1-9,17-18,33H,10H2,(H,26,30)(H,27,29)(H,31,32)(H2,34,35,36)/t17-,18+/m0/s1. The van der Waals surface area contributed by atoms with Gasteiger partial charge in [-0.3, -0.25) is 14.2 Å². The third kappa shape index (κ3) is 5.71. The highest BCUT2D eigenvalue weighted by atomic mass is 31.2. The maximum Gasteiger partial charge on any atom is 0.547 e. The van der Waals surface area contributed by atoms with Crippen LogP contribution in [-0.4, -0.2) is 61.0 Å². The van der Waals surface area contributed by atoms with Gasteiger partial charge in [-0.15, -0.1) is 5.10 Å². The first-order valence-electron chi connectivity index (χ1n) is 10.9. The first-order chi connectivity index (χ1) is 18.0. The smallest absolute Gasteiger partial charge is 0.534 e. The number of halogens is 1. The summed E-state index contributed by atoms with van der Waals surface area (Å²) in [6, 6.07) is 7.98. The molecule has 0 bridgehead atoms. The average Bonchev–Trinajstić information content (AvgIpc) is 2.86. The molecule has 1 aliphatic rings. The molecule has 4 rings (SSSR count). The summed E-state index contributed by atoms with van der Waals surface area (Å²) in [6.45, 7) is 0. The number of carbonyl (C=O) groups excluding carboxylic acids is 2. The Morgan fingerprint density at radius 2 is 1.92 bits per heavy atom. The summed E-state index contributed by atoms with van der Waals surface area (Å²) in [7, 11) is -6.63. The zero-order chi connectivity index (χ0) is 27.6. The number of hydrogen-bond donors (Lipinski definition) is 6. The van der Waals surface area contributed by atoms with Crippen LogP contribution in [-0.2, 0) is 15.8 Å². The highest BCUT2D eigenvalue weighted by molar-refractivity contribution is 7.60. The van der Waals surface area contributed by atoms with Crippen molar-refractivity contribution in [3.8, 4) is 5.75 Å². The lowest BCUT2D eigenvalue weighted by Gasteiger charge is -2.30. The predicted octanol–water partition coefficient (Wildman–Crippen LogP) is -0.272. The Labute approximate surface area is 214 Å². The van der Waals surface area contributed by atoms with Crippen LogP contribution in [0.2, 0.25) is 0 Å². The second-order valence-corrected chi connectivity index (χ2v) is 9.77. The van der Waals surface area contributed by atoms with Gasteiger partial charge in [-0.25, -0.2) is 9.18 Å². The summed E-state index contributed by atoms with van der Waals surface area (Å²) < 4.78 is 31.4. The van der Waals surface area contributed by atoms with Crippen molar-refractivity contribution in [2.75, 3.05) is 0 Å². The number of rotatable bonds is 7. The van der Waals surface area contributed by atoms with Crippen LogP contribution in [0.1, 0.15) is 38.0 Å². The Morgan fingerprint density at radius 3 is 2.55 bits per heavy atom. The number of benzene rings is 2. The molecule has 38 heavy (non-hydrogen) atoms. The fourth-order valence-electron chi connectivity index (χ4n) is 3.85. The van der Waals surface area contributed by atoms with Gasteiger partial charge in [-0.1, -0.05) is 18.2 Å². The Morgan fingerprint density at radius 1 is 1.16 bits per heavy atom. The van der Waals surface area contributed by atoms with E-state index < -0.39 is 55.6 Å². The Balaban J connectivity index is 1.63. The summed E-state index contributed by atoms with van der Waals surface area (Å²) in [6.07, 6.45) is 1.27. The molecule has 0 saturated carbocycles. The molecule has 6 N–H and O–H groups in total. The maximum atomic E-state index is 14.6. The number of hydrogen-bond acceptors (Lipinski definition) is 8. The van der Waals surface area contributed by atoms with Crippen molar-refractivity contribution in [2.45, 2.75) is 18.4 Å². The molecule has 1 aromatic heterocycles. The monoisotopic (exact) mass is 544 g/mol. The molecule has 0 saturated heterocycles. The maximum absolute atomic E-state index is 14.6. The Kier molecular flexibility index (Phi) is 7.55. The lowest BCUT2D eigenvalue weighted by Crippen LogP contribution is -2.55. The van der Waals surface area contributed by atoms with E-state index in [1.54, 1.807) is 6.07 Å². The molecule has 3 aromatic rings. The van der Waals surface area contributed by atoms with E-state index in [1.165, 1.54) is 30.5 Å². The van der Waals surface area contributed by atoms with E-state index >= 15 is 0 Å². The molecule has 0 fully saturated rings. The fraction of sp³-hybridized carbons (Fsp3) is 0.136. The van der Waals surface area contributed by atoms with Crippen LogP contribution < -0.4 is 20.6 Å². The van der Waals surface area contributed by atoms with Crippen molar-refractivity contribution in [1.82, 2.24) is 20.8 Å². The molecular weight excluding hydrogens is 525 g/mol. The molecule has 0 radical (unpaired) electrons. The van der Waals surface area contributed by atoms with Gasteiger partial charge in [0.1, 0.15) is 17.6 Å². The van der Waals surface area contributed by atoms with Crippen molar-refractivity contribution < 1.29 is 47.9 Å². The molecule has 2 heterocycles. The number of nitrogens with one attached hydrogen (secondary N) is 2. The van der Waals surface area contributed by atoms with Crippen LogP contribution in [0.4, 0.5) is 4.39 Å². The van der Waals surface area contributed by atoms with Gasteiger partial charge >= 0.3 is 20.7 Å². The summed E-state index contributed by atoms with van der Waals surface area (Å²) in [5.74, 6) is -5.54. The van der Waals surface area contributed by atoms with E-state index in [0.29, 0.717) is 11.6 Å². The van der Waals surface area contributed by atoms with E-state index in [9.17, 15) is 43.3 Å². The number of carboxylic acid groups (broad SMARTS) is 1. The highest BCUT2D eigenvalue weighted by Gasteiger charge is 2.39. The molecular formula is C22H19BFN4O9P. The van der Waals surface area contributed by atoms with Crippen LogP contribution >= 0.6 is 7.60 Å². The van der Waals surface area contributed by atoms with Gasteiger partial charge in [-0.2, -0.15) is 5.10 Å². The van der Waals surface area contributed by atoms with Crippen molar-refractivity contribution in [3.05, 3.63) is 82.9 Å². The summed E-state index contributed by atoms with van der Waals surface area (Å²) in [4.78, 5) is 56.1. The number of carbonyl (C=O) groups is 3. The summed E-state index contributed by atoms with van der Waals surface area (Å²) in [5.41, 5.74) is -0.137. The zero-order valence-electron chi connectivity index (χ0n) is 19.2. The lowest BCUT2D eigenvalue weighted by molar-refractivity contribution is -0.123. The second-order valence-electron chi connectivity index (χ2n) is 8.20. The molecule has 0 aliphatic carbocycles. The van der Waals surface area contributed by atoms with Crippen LogP contribution in [0.25, 0.3) is 0 Å². The molecule has 0 unspecified atom stereocenters. The minimum atomic E-state index is -4.96. The molecule has 2 atom stereocenters. The normalized spacial score (nSPS) is 15.6. The second kappa shape index (κ2) is 10.7. The van der Waals surface area contributed by atoms with Gasteiger partial charge in [0.2, 0.25) is 5.91 Å². The van der Waals surface area contributed by atoms with Crippen LogP contribution in [0, 0.1) is 5.82 Å². The third-order valence-corrected chi connectivity index (χ3v) is 6.63. The zero-order valence-corrected chi connectivity index (χ0v) is 20.1. The van der Waals surface area contributed by atoms with Crippen LogP contribution in [0.5, 0.6) is 5.75 Å². The van der Waals surface area contributed by atoms with E-state index in [1.807, 2.05) is 0 Å².